The number of hydrogen-bond donors (Lipinski definition) is 4. The van der Waals surface area contributed by atoms with Gasteiger partial charge in [-0.25, -0.2) is 4.57 Å². The Bertz CT molecular complexity index is 70.8. The minimum Gasteiger partial charge on any atom is -0.397 e. The van der Waals surface area contributed by atoms with E-state index < -0.39 is 7.82 Å². The van der Waals surface area contributed by atoms with Gasteiger partial charge in [0.2, 0.25) is 0 Å². The molecular formula is C2H9NiO5P. The van der Waals surface area contributed by atoms with Crippen molar-refractivity contribution in [2.75, 3.05) is 6.61 Å². The standard InChI is InChI=1S/C2H6O.Ni.H3O4P/c1-2-3;;1-5(2,3)4/h3H,2H2,1H3;;(H3,1,2,3,4). The first kappa shape index (κ1) is 16.3. The smallest absolute Gasteiger partial charge is 0.397 e. The summed E-state index contributed by atoms with van der Waals surface area (Å²) in [6.07, 6.45) is 0. The number of rotatable bonds is 0. The minimum absolute atomic E-state index is 0. The molecule has 0 unspecified atom stereocenters. The van der Waals surface area contributed by atoms with Crippen molar-refractivity contribution in [1.29, 1.82) is 0 Å². The largest absolute Gasteiger partial charge is 0.466 e. The van der Waals surface area contributed by atoms with Crippen molar-refractivity contribution in [2.45, 2.75) is 6.92 Å². The van der Waals surface area contributed by atoms with Gasteiger partial charge in [-0.15, -0.1) is 0 Å². The summed E-state index contributed by atoms with van der Waals surface area (Å²) < 4.78 is 8.88. The first-order chi connectivity index (χ1) is 3.41. The molecule has 4 N–H and O–H groups in total. The van der Waals surface area contributed by atoms with Gasteiger partial charge in [-0.3, -0.25) is 0 Å². The first-order valence-corrected chi connectivity index (χ1v) is 3.37. The molecule has 0 aliphatic carbocycles. The van der Waals surface area contributed by atoms with E-state index in [0.29, 0.717) is 0 Å². The van der Waals surface area contributed by atoms with E-state index in [0.717, 1.165) is 0 Å². The van der Waals surface area contributed by atoms with Gasteiger partial charge in [-0.1, -0.05) is 0 Å². The summed E-state index contributed by atoms with van der Waals surface area (Å²) in [7, 11) is -4.64. The van der Waals surface area contributed by atoms with Crippen LogP contribution in [0, 0.1) is 0 Å². The molecule has 0 spiro atoms. The van der Waals surface area contributed by atoms with Gasteiger partial charge >= 0.3 is 7.82 Å². The molecule has 0 saturated carbocycles. The van der Waals surface area contributed by atoms with E-state index in [4.69, 9.17) is 24.4 Å². The van der Waals surface area contributed by atoms with Gasteiger partial charge < -0.3 is 19.8 Å². The fourth-order valence-electron chi connectivity index (χ4n) is 0. The summed E-state index contributed by atoms with van der Waals surface area (Å²) in [5.74, 6) is 0. The average Bonchev–Trinajstić information content (AvgIpc) is 1.27. The van der Waals surface area contributed by atoms with Crippen molar-refractivity contribution in [2.24, 2.45) is 0 Å². The zero-order valence-electron chi connectivity index (χ0n) is 4.67. The molecule has 0 saturated heterocycles. The molecule has 0 atom stereocenters. The van der Waals surface area contributed by atoms with Crippen LogP contribution >= 0.6 is 7.82 Å². The molecule has 7 heteroatoms. The van der Waals surface area contributed by atoms with Gasteiger partial charge in [0.1, 0.15) is 0 Å². The Hall–Kier alpha value is 0.564. The van der Waals surface area contributed by atoms with E-state index in [1.54, 1.807) is 6.92 Å². The fourth-order valence-corrected chi connectivity index (χ4v) is 0. The van der Waals surface area contributed by atoms with Crippen LogP contribution in [0.4, 0.5) is 0 Å². The van der Waals surface area contributed by atoms with Crippen LogP contribution in [0.15, 0.2) is 0 Å². The molecule has 0 fully saturated rings. The fraction of sp³-hybridized carbons (Fsp3) is 1.00. The summed E-state index contributed by atoms with van der Waals surface area (Å²) in [4.78, 5) is 21.6. The predicted octanol–water partition coefficient (Wildman–Crippen LogP) is -0.933. The average molecular weight is 203 g/mol. The molecule has 0 aromatic heterocycles. The molecule has 0 rings (SSSR count). The Morgan fingerprint density at radius 1 is 1.33 bits per heavy atom. The molecule has 0 aliphatic rings. The molecule has 0 aromatic rings. The summed E-state index contributed by atoms with van der Waals surface area (Å²) in [5, 5.41) is 7.57. The van der Waals surface area contributed by atoms with Crippen molar-refractivity contribution >= 4 is 7.82 Å². The number of hydrogen-bond acceptors (Lipinski definition) is 2. The van der Waals surface area contributed by atoms with Gasteiger partial charge in [0.05, 0.1) is 0 Å². The van der Waals surface area contributed by atoms with Gasteiger partial charge in [0.15, 0.2) is 0 Å². The zero-order valence-corrected chi connectivity index (χ0v) is 6.55. The van der Waals surface area contributed by atoms with Crippen molar-refractivity contribution < 1.29 is 40.8 Å². The van der Waals surface area contributed by atoms with E-state index in [9.17, 15) is 0 Å². The molecular weight excluding hydrogens is 194 g/mol. The van der Waals surface area contributed by atoms with Crippen LogP contribution in [0.1, 0.15) is 6.92 Å². The number of aliphatic hydroxyl groups is 1. The third kappa shape index (κ3) is 1160. The second-order valence-electron chi connectivity index (χ2n) is 0.830. The van der Waals surface area contributed by atoms with E-state index >= 15 is 0 Å². The SMILES string of the molecule is CCO.O=P(O)(O)O.[Ni]. The first-order valence-electron chi connectivity index (χ1n) is 1.81. The van der Waals surface area contributed by atoms with E-state index in [1.165, 1.54) is 0 Å². The van der Waals surface area contributed by atoms with Gasteiger partial charge in [0.25, 0.3) is 0 Å². The van der Waals surface area contributed by atoms with Crippen molar-refractivity contribution in [3.05, 3.63) is 0 Å². The van der Waals surface area contributed by atoms with Crippen molar-refractivity contribution in [3.63, 3.8) is 0 Å². The molecule has 0 aromatic carbocycles. The van der Waals surface area contributed by atoms with E-state index in [1.807, 2.05) is 0 Å². The molecule has 0 amide bonds. The molecule has 0 radical (unpaired) electrons. The molecule has 0 heterocycles. The van der Waals surface area contributed by atoms with Crippen LogP contribution in [0.25, 0.3) is 0 Å². The quantitative estimate of drug-likeness (QED) is 0.301. The van der Waals surface area contributed by atoms with Gasteiger partial charge in [-0.2, -0.15) is 0 Å². The van der Waals surface area contributed by atoms with Crippen LogP contribution in [0.5, 0.6) is 0 Å². The van der Waals surface area contributed by atoms with Crippen LogP contribution in [-0.4, -0.2) is 26.4 Å². The van der Waals surface area contributed by atoms with Crippen molar-refractivity contribution in [1.82, 2.24) is 0 Å². The van der Waals surface area contributed by atoms with Crippen molar-refractivity contribution in [3.8, 4) is 0 Å². The summed E-state index contributed by atoms with van der Waals surface area (Å²) in [5.41, 5.74) is 0. The minimum atomic E-state index is -4.64. The Labute approximate surface area is 62.9 Å². The van der Waals surface area contributed by atoms with Gasteiger partial charge in [0, 0.05) is 23.1 Å². The molecule has 0 bridgehead atoms. The maximum absolute atomic E-state index is 8.88. The maximum atomic E-state index is 8.88. The topological polar surface area (TPSA) is 98.0 Å². The Balaban J connectivity index is -0.0000000800. The third-order valence-corrected chi connectivity index (χ3v) is 0. The van der Waals surface area contributed by atoms with Crippen LogP contribution in [0.3, 0.4) is 0 Å². The summed E-state index contributed by atoms with van der Waals surface area (Å²) in [6.45, 7) is 1.93. The van der Waals surface area contributed by atoms with E-state index in [-0.39, 0.29) is 23.1 Å². The Morgan fingerprint density at radius 2 is 1.33 bits per heavy atom. The van der Waals surface area contributed by atoms with Crippen LogP contribution in [0.2, 0.25) is 0 Å². The number of aliphatic hydroxyl groups excluding tert-OH is 1. The predicted molar refractivity (Wildman–Crippen MR) is 27.0 cm³/mol. The Morgan fingerprint density at radius 3 is 1.33 bits per heavy atom. The zero-order chi connectivity index (χ0) is 7.21. The van der Waals surface area contributed by atoms with Crippen LogP contribution in [-0.2, 0) is 21.1 Å². The molecule has 0 aliphatic heterocycles. The van der Waals surface area contributed by atoms with E-state index in [2.05, 4.69) is 0 Å². The van der Waals surface area contributed by atoms with Gasteiger partial charge in [-0.05, 0) is 6.92 Å². The second kappa shape index (κ2) is 8.56. The third-order valence-electron chi connectivity index (χ3n) is 0. The van der Waals surface area contributed by atoms with Crippen LogP contribution < -0.4 is 0 Å². The summed E-state index contributed by atoms with van der Waals surface area (Å²) in [6, 6.07) is 0. The molecule has 9 heavy (non-hydrogen) atoms. The molecule has 62 valence electrons. The Kier molecular flexibility index (Phi) is 15.5. The maximum Gasteiger partial charge on any atom is 0.466 e. The number of phosphoric acid groups is 1. The monoisotopic (exact) mass is 202 g/mol. The molecule has 5 nitrogen and oxygen atoms in total. The normalized spacial score (nSPS) is 8.56. The summed E-state index contributed by atoms with van der Waals surface area (Å²) >= 11 is 0. The second-order valence-corrected chi connectivity index (χ2v) is 1.86.